The van der Waals surface area contributed by atoms with Gasteiger partial charge in [-0.05, 0) is 49.5 Å². The zero-order chi connectivity index (χ0) is 29.1. The minimum Gasteiger partial charge on any atom is -0.491 e. The number of benzene rings is 2. The molecule has 1 aliphatic rings. The fourth-order valence-corrected chi connectivity index (χ4v) is 5.34. The number of urea groups is 1. The average molecular weight is 588 g/mol. The smallest absolute Gasteiger partial charge is 0.404 e. The number of aryl methyl sites for hydroxylation is 1. The van der Waals surface area contributed by atoms with Crippen molar-refractivity contribution in [3.05, 3.63) is 83.1 Å². The molecule has 1 aliphatic heterocycles. The molecule has 0 aliphatic carbocycles. The fourth-order valence-electron chi connectivity index (χ4n) is 4.52. The van der Waals surface area contributed by atoms with E-state index in [1.54, 1.807) is 20.9 Å². The number of allylic oxidation sites excluding steroid dienone is 1. The minimum atomic E-state index is -1.01. The molecular weight excluding hydrogens is 554 g/mol. The number of carbonyl (C=O) groups excluding carboxylic acids is 1. The van der Waals surface area contributed by atoms with E-state index in [4.69, 9.17) is 14.8 Å². The average Bonchev–Trinajstić information content (AvgIpc) is 3.75. The third-order valence-electron chi connectivity index (χ3n) is 6.71. The minimum absolute atomic E-state index is 0.0756. The number of hydrogen-bond acceptors (Lipinski definition) is 7. The van der Waals surface area contributed by atoms with E-state index < -0.39 is 6.09 Å². The van der Waals surface area contributed by atoms with Gasteiger partial charge in [0.1, 0.15) is 17.4 Å². The molecule has 218 valence electrons. The first-order valence-corrected chi connectivity index (χ1v) is 14.8. The van der Waals surface area contributed by atoms with Gasteiger partial charge in [0.05, 0.1) is 35.4 Å². The predicted octanol–water partition coefficient (Wildman–Crippen LogP) is 4.64. The number of hydrogen-bond donors (Lipinski definition) is 3. The molecule has 1 fully saturated rings. The Kier molecular flexibility index (Phi) is 9.78. The van der Waals surface area contributed by atoms with E-state index >= 15 is 0 Å². The summed E-state index contributed by atoms with van der Waals surface area (Å²) in [7, 11) is 0. The standard InChI is InChI=1S/C30H33N7O4S/c38-29-31-15-16-36(29)17-18-41-27-19-25(37-20-23(34-35-37)10-4-5-14-32-30(39)40)12-13-26(27)28-33-24(21-42-28)11-6-9-22-7-2-1-3-8-22/h1-3,6-8,11-13,19-21,32H,4-5,9-10,14-18H2,(H,31,38)(H,39,40). The number of rotatable bonds is 14. The number of carboxylic acid groups (broad SMARTS) is 1. The topological polar surface area (TPSA) is 134 Å². The van der Waals surface area contributed by atoms with E-state index in [9.17, 15) is 9.59 Å². The lowest BCUT2D eigenvalue weighted by Gasteiger charge is -2.16. The molecule has 42 heavy (non-hydrogen) atoms. The van der Waals surface area contributed by atoms with E-state index in [0.29, 0.717) is 45.0 Å². The van der Waals surface area contributed by atoms with Crippen molar-refractivity contribution in [1.82, 2.24) is 35.5 Å². The Labute approximate surface area is 247 Å². The highest BCUT2D eigenvalue weighted by Crippen LogP contribution is 2.34. The van der Waals surface area contributed by atoms with Gasteiger partial charge in [0, 0.05) is 31.1 Å². The van der Waals surface area contributed by atoms with Crippen molar-refractivity contribution < 1.29 is 19.4 Å². The summed E-state index contributed by atoms with van der Waals surface area (Å²) < 4.78 is 7.94. The third kappa shape index (κ3) is 7.94. The molecule has 3 heterocycles. The van der Waals surface area contributed by atoms with Gasteiger partial charge in [-0.15, -0.1) is 16.4 Å². The number of nitrogens with one attached hydrogen (secondary N) is 2. The number of ether oxygens (including phenoxy) is 1. The molecule has 0 saturated carbocycles. The van der Waals surface area contributed by atoms with Gasteiger partial charge in [0.25, 0.3) is 0 Å². The Balaban J connectivity index is 1.29. The maximum Gasteiger partial charge on any atom is 0.404 e. The molecule has 3 N–H and O–H groups in total. The van der Waals surface area contributed by atoms with Gasteiger partial charge < -0.3 is 25.4 Å². The quantitative estimate of drug-likeness (QED) is 0.183. The molecule has 4 aromatic rings. The van der Waals surface area contributed by atoms with Crippen molar-refractivity contribution in [2.75, 3.05) is 32.8 Å². The maximum absolute atomic E-state index is 12.0. The molecule has 2 aromatic carbocycles. The lowest BCUT2D eigenvalue weighted by molar-refractivity contribution is 0.194. The second kappa shape index (κ2) is 14.3. The van der Waals surface area contributed by atoms with Crippen LogP contribution in [-0.4, -0.2) is 74.9 Å². The number of carbonyl (C=O) groups is 2. The Morgan fingerprint density at radius 1 is 1.19 bits per heavy atom. The largest absolute Gasteiger partial charge is 0.491 e. The van der Waals surface area contributed by atoms with Crippen LogP contribution in [0.2, 0.25) is 0 Å². The van der Waals surface area contributed by atoms with Gasteiger partial charge in [-0.2, -0.15) is 0 Å². The normalized spacial score (nSPS) is 13.0. The summed E-state index contributed by atoms with van der Waals surface area (Å²) >= 11 is 1.55. The molecule has 0 unspecified atom stereocenters. The van der Waals surface area contributed by atoms with Crippen LogP contribution in [0.3, 0.4) is 0 Å². The molecular formula is C30H33N7O4S. The highest BCUT2D eigenvalue weighted by Gasteiger charge is 2.20. The molecule has 1 saturated heterocycles. The van der Waals surface area contributed by atoms with E-state index in [1.807, 2.05) is 54.1 Å². The summed E-state index contributed by atoms with van der Waals surface area (Å²) in [5.41, 5.74) is 4.61. The summed E-state index contributed by atoms with van der Waals surface area (Å²) in [6, 6.07) is 16.1. The lowest BCUT2D eigenvalue weighted by atomic mass is 10.1. The monoisotopic (exact) mass is 587 g/mol. The van der Waals surface area contributed by atoms with Gasteiger partial charge in [-0.1, -0.05) is 41.6 Å². The molecule has 11 nitrogen and oxygen atoms in total. The third-order valence-corrected chi connectivity index (χ3v) is 7.60. The molecule has 0 radical (unpaired) electrons. The first-order chi connectivity index (χ1) is 20.5. The van der Waals surface area contributed by atoms with Gasteiger partial charge in [-0.25, -0.2) is 19.3 Å². The SMILES string of the molecule is O=C(O)NCCCCc1cn(-c2ccc(-c3nc(C=CCc4ccccc4)cs3)c(OCCN3CCNC3=O)c2)nn1. The molecule has 2 aromatic heterocycles. The van der Waals surface area contributed by atoms with Gasteiger partial charge >= 0.3 is 12.1 Å². The number of thiazole rings is 1. The summed E-state index contributed by atoms with van der Waals surface area (Å²) in [4.78, 5) is 29.1. The Bertz CT molecular complexity index is 1520. The lowest BCUT2D eigenvalue weighted by Crippen LogP contribution is -2.31. The summed E-state index contributed by atoms with van der Waals surface area (Å²) in [6.07, 6.45) is 8.04. The summed E-state index contributed by atoms with van der Waals surface area (Å²) in [6.45, 7) is 2.53. The van der Waals surface area contributed by atoms with Crippen LogP contribution in [0.15, 0.2) is 66.2 Å². The first kappa shape index (κ1) is 28.8. The van der Waals surface area contributed by atoms with Crippen LogP contribution in [0.5, 0.6) is 5.75 Å². The Hall–Kier alpha value is -4.71. The molecule has 0 atom stereocenters. The van der Waals surface area contributed by atoms with Gasteiger partial charge in [0.2, 0.25) is 0 Å². The van der Waals surface area contributed by atoms with Crippen LogP contribution in [-0.2, 0) is 12.8 Å². The fraction of sp³-hybridized carbons (Fsp3) is 0.300. The maximum atomic E-state index is 12.0. The first-order valence-electron chi connectivity index (χ1n) is 13.9. The number of aromatic nitrogens is 4. The number of nitrogens with zero attached hydrogens (tertiary/aromatic N) is 5. The second-order valence-corrected chi connectivity index (χ2v) is 10.6. The van der Waals surface area contributed by atoms with Crippen LogP contribution in [0.25, 0.3) is 22.3 Å². The van der Waals surface area contributed by atoms with E-state index in [1.165, 1.54) is 5.56 Å². The van der Waals surface area contributed by atoms with Crippen LogP contribution >= 0.6 is 11.3 Å². The van der Waals surface area contributed by atoms with Crippen molar-refractivity contribution >= 4 is 29.5 Å². The molecule has 12 heteroatoms. The van der Waals surface area contributed by atoms with Gasteiger partial charge in [0.15, 0.2) is 0 Å². The number of amides is 3. The van der Waals surface area contributed by atoms with Crippen molar-refractivity contribution in [1.29, 1.82) is 0 Å². The van der Waals surface area contributed by atoms with Crippen LogP contribution in [0.1, 0.15) is 29.8 Å². The predicted molar refractivity (Wildman–Crippen MR) is 161 cm³/mol. The van der Waals surface area contributed by atoms with Crippen molar-refractivity contribution in [3.8, 4) is 22.0 Å². The summed E-state index contributed by atoms with van der Waals surface area (Å²) in [5.74, 6) is 0.651. The van der Waals surface area contributed by atoms with Crippen molar-refractivity contribution in [3.63, 3.8) is 0 Å². The highest BCUT2D eigenvalue weighted by molar-refractivity contribution is 7.13. The van der Waals surface area contributed by atoms with Crippen molar-refractivity contribution in [2.24, 2.45) is 0 Å². The van der Waals surface area contributed by atoms with Gasteiger partial charge in [-0.3, -0.25) is 0 Å². The number of unbranched alkanes of at least 4 members (excludes halogenated alkanes) is 1. The zero-order valence-corrected chi connectivity index (χ0v) is 23.9. The molecule has 0 spiro atoms. The van der Waals surface area contributed by atoms with Crippen LogP contribution < -0.4 is 15.4 Å². The van der Waals surface area contributed by atoms with E-state index in [2.05, 4.69) is 39.2 Å². The molecule has 3 amide bonds. The van der Waals surface area contributed by atoms with Crippen LogP contribution in [0, 0.1) is 0 Å². The molecule has 5 rings (SSSR count). The Morgan fingerprint density at radius 2 is 2.07 bits per heavy atom. The summed E-state index contributed by atoms with van der Waals surface area (Å²) in [5, 5.41) is 25.3. The van der Waals surface area contributed by atoms with Crippen LogP contribution in [0.4, 0.5) is 9.59 Å². The molecule has 0 bridgehead atoms. The van der Waals surface area contributed by atoms with E-state index in [-0.39, 0.29) is 6.03 Å². The second-order valence-electron chi connectivity index (χ2n) is 9.76. The van der Waals surface area contributed by atoms with E-state index in [0.717, 1.165) is 46.9 Å². The highest BCUT2D eigenvalue weighted by atomic mass is 32.1. The zero-order valence-electron chi connectivity index (χ0n) is 23.1. The Morgan fingerprint density at radius 3 is 2.88 bits per heavy atom. The van der Waals surface area contributed by atoms with Crippen molar-refractivity contribution in [2.45, 2.75) is 25.7 Å².